The molecule has 2 rings (SSSR count). The molecule has 1 amide bonds. The molecular weight excluding hydrogens is 282 g/mol. The molecule has 2 aromatic carbocycles. The Labute approximate surface area is 128 Å². The van der Waals surface area contributed by atoms with E-state index in [0.29, 0.717) is 11.4 Å². The number of carbonyl (C=O) groups is 2. The van der Waals surface area contributed by atoms with E-state index in [-0.39, 0.29) is 11.1 Å². The summed E-state index contributed by atoms with van der Waals surface area (Å²) in [6.45, 7) is 1.91. The zero-order valence-electron chi connectivity index (χ0n) is 12.7. The van der Waals surface area contributed by atoms with Gasteiger partial charge in [0.05, 0.1) is 31.0 Å². The molecular formula is C17H17NO4. The number of methoxy groups -OCH3 is 2. The van der Waals surface area contributed by atoms with E-state index in [9.17, 15) is 9.59 Å². The van der Waals surface area contributed by atoms with Gasteiger partial charge in [-0.25, -0.2) is 4.79 Å². The predicted octanol–water partition coefficient (Wildman–Crippen LogP) is 3.04. The molecule has 0 aliphatic carbocycles. The fourth-order valence-electron chi connectivity index (χ4n) is 2.08. The number of anilines is 1. The highest BCUT2D eigenvalue weighted by Crippen LogP contribution is 2.26. The Bertz CT molecular complexity index is 710. The average molecular weight is 299 g/mol. The summed E-state index contributed by atoms with van der Waals surface area (Å²) in [4.78, 5) is 24.2. The van der Waals surface area contributed by atoms with Crippen LogP contribution in [-0.4, -0.2) is 26.1 Å². The van der Waals surface area contributed by atoms with Gasteiger partial charge in [0.25, 0.3) is 5.91 Å². The minimum atomic E-state index is -0.554. The van der Waals surface area contributed by atoms with Crippen LogP contribution in [0.3, 0.4) is 0 Å². The Hall–Kier alpha value is -2.82. The third-order valence-electron chi connectivity index (χ3n) is 3.18. The molecule has 0 aromatic heterocycles. The standard InChI is InChI=1S/C17H17NO4/c1-11-8-9-15(21-2)14(10-11)18-16(19)12-6-4-5-7-13(12)17(20)22-3/h4-10H,1-3H3,(H,18,19). The number of hydrogen-bond donors (Lipinski definition) is 1. The predicted molar refractivity (Wildman–Crippen MR) is 83.5 cm³/mol. The van der Waals surface area contributed by atoms with Crippen molar-refractivity contribution in [3.05, 3.63) is 59.2 Å². The lowest BCUT2D eigenvalue weighted by Crippen LogP contribution is -2.17. The second-order valence-electron chi connectivity index (χ2n) is 4.70. The van der Waals surface area contributed by atoms with E-state index >= 15 is 0 Å². The van der Waals surface area contributed by atoms with Crippen molar-refractivity contribution in [3.8, 4) is 5.75 Å². The Morgan fingerprint density at radius 1 is 1.00 bits per heavy atom. The molecule has 0 spiro atoms. The maximum Gasteiger partial charge on any atom is 0.338 e. The SMILES string of the molecule is COC(=O)c1ccccc1C(=O)Nc1cc(C)ccc1OC. The normalized spacial score (nSPS) is 9.95. The molecule has 5 heteroatoms. The van der Waals surface area contributed by atoms with Crippen LogP contribution < -0.4 is 10.1 Å². The maximum atomic E-state index is 12.5. The van der Waals surface area contributed by atoms with Crippen molar-refractivity contribution in [1.82, 2.24) is 0 Å². The number of benzene rings is 2. The fraction of sp³-hybridized carbons (Fsp3) is 0.176. The maximum absolute atomic E-state index is 12.5. The molecule has 22 heavy (non-hydrogen) atoms. The van der Waals surface area contributed by atoms with Crippen LogP contribution in [0.4, 0.5) is 5.69 Å². The van der Waals surface area contributed by atoms with Gasteiger partial charge in [-0.1, -0.05) is 18.2 Å². The molecule has 0 saturated carbocycles. The van der Waals surface area contributed by atoms with Gasteiger partial charge in [-0.3, -0.25) is 4.79 Å². The second kappa shape index (κ2) is 6.76. The average Bonchev–Trinajstić information content (AvgIpc) is 2.54. The summed E-state index contributed by atoms with van der Waals surface area (Å²) in [6, 6.07) is 12.0. The van der Waals surface area contributed by atoms with Gasteiger partial charge < -0.3 is 14.8 Å². The van der Waals surface area contributed by atoms with Gasteiger partial charge in [0.2, 0.25) is 0 Å². The molecule has 0 atom stereocenters. The molecule has 0 saturated heterocycles. The lowest BCUT2D eigenvalue weighted by molar-refractivity contribution is 0.0597. The van der Waals surface area contributed by atoms with E-state index in [1.165, 1.54) is 14.2 Å². The number of rotatable bonds is 4. The summed E-state index contributed by atoms with van der Waals surface area (Å²) in [5.74, 6) is -0.402. The first-order valence-electron chi connectivity index (χ1n) is 6.70. The van der Waals surface area contributed by atoms with E-state index in [4.69, 9.17) is 9.47 Å². The molecule has 0 heterocycles. The quantitative estimate of drug-likeness (QED) is 0.881. The van der Waals surface area contributed by atoms with Gasteiger partial charge in [0.1, 0.15) is 5.75 Å². The zero-order valence-corrected chi connectivity index (χ0v) is 12.7. The lowest BCUT2D eigenvalue weighted by Gasteiger charge is -2.12. The molecule has 1 N–H and O–H groups in total. The monoisotopic (exact) mass is 299 g/mol. The highest BCUT2D eigenvalue weighted by atomic mass is 16.5. The Balaban J connectivity index is 2.34. The third-order valence-corrected chi connectivity index (χ3v) is 3.18. The summed E-state index contributed by atoms with van der Waals surface area (Å²) in [6.07, 6.45) is 0. The Morgan fingerprint density at radius 3 is 2.32 bits per heavy atom. The molecule has 114 valence electrons. The van der Waals surface area contributed by atoms with Gasteiger partial charge >= 0.3 is 5.97 Å². The van der Waals surface area contributed by atoms with Crippen molar-refractivity contribution in [2.45, 2.75) is 6.92 Å². The van der Waals surface area contributed by atoms with Gasteiger partial charge in [-0.05, 0) is 36.8 Å². The highest BCUT2D eigenvalue weighted by molar-refractivity contribution is 6.11. The third kappa shape index (κ3) is 3.25. The number of esters is 1. The van der Waals surface area contributed by atoms with E-state index in [2.05, 4.69) is 5.32 Å². The number of amides is 1. The highest BCUT2D eigenvalue weighted by Gasteiger charge is 2.18. The number of ether oxygens (including phenoxy) is 2. The van der Waals surface area contributed by atoms with Crippen LogP contribution in [-0.2, 0) is 4.74 Å². The van der Waals surface area contributed by atoms with Crippen molar-refractivity contribution in [3.63, 3.8) is 0 Å². The molecule has 0 radical (unpaired) electrons. The Kier molecular flexibility index (Phi) is 4.78. The van der Waals surface area contributed by atoms with Gasteiger partial charge in [0, 0.05) is 0 Å². The van der Waals surface area contributed by atoms with E-state index in [0.717, 1.165) is 5.56 Å². The van der Waals surface area contributed by atoms with E-state index < -0.39 is 11.9 Å². The van der Waals surface area contributed by atoms with Crippen LogP contribution in [0, 0.1) is 6.92 Å². The minimum absolute atomic E-state index is 0.217. The lowest BCUT2D eigenvalue weighted by atomic mass is 10.1. The topological polar surface area (TPSA) is 64.6 Å². The number of aryl methyl sites for hydroxylation is 1. The van der Waals surface area contributed by atoms with Crippen LogP contribution in [0.25, 0.3) is 0 Å². The van der Waals surface area contributed by atoms with Crippen LogP contribution in [0.1, 0.15) is 26.3 Å². The Morgan fingerprint density at radius 2 is 1.68 bits per heavy atom. The largest absolute Gasteiger partial charge is 0.495 e. The summed E-state index contributed by atoms with van der Waals surface area (Å²) in [5, 5.41) is 2.77. The molecule has 0 aliphatic rings. The summed E-state index contributed by atoms with van der Waals surface area (Å²) < 4.78 is 9.93. The van der Waals surface area contributed by atoms with Crippen molar-refractivity contribution in [2.75, 3.05) is 19.5 Å². The van der Waals surface area contributed by atoms with Crippen molar-refractivity contribution >= 4 is 17.6 Å². The fourth-order valence-corrected chi connectivity index (χ4v) is 2.08. The minimum Gasteiger partial charge on any atom is -0.495 e. The van der Waals surface area contributed by atoms with Gasteiger partial charge in [0.15, 0.2) is 0 Å². The summed E-state index contributed by atoms with van der Waals surface area (Å²) in [5.41, 5.74) is 2.00. The van der Waals surface area contributed by atoms with Gasteiger partial charge in [-0.15, -0.1) is 0 Å². The molecule has 2 aromatic rings. The number of carbonyl (C=O) groups excluding carboxylic acids is 2. The van der Waals surface area contributed by atoms with Crippen LogP contribution in [0.2, 0.25) is 0 Å². The summed E-state index contributed by atoms with van der Waals surface area (Å²) >= 11 is 0. The first kappa shape index (κ1) is 15.6. The zero-order chi connectivity index (χ0) is 16.1. The first-order chi connectivity index (χ1) is 10.6. The molecule has 0 aliphatic heterocycles. The van der Waals surface area contributed by atoms with Gasteiger partial charge in [-0.2, -0.15) is 0 Å². The van der Waals surface area contributed by atoms with Crippen molar-refractivity contribution in [1.29, 1.82) is 0 Å². The smallest absolute Gasteiger partial charge is 0.338 e. The van der Waals surface area contributed by atoms with Crippen LogP contribution in [0.5, 0.6) is 5.75 Å². The van der Waals surface area contributed by atoms with Crippen molar-refractivity contribution in [2.24, 2.45) is 0 Å². The molecule has 0 bridgehead atoms. The number of nitrogens with one attached hydrogen (secondary N) is 1. The molecule has 0 unspecified atom stereocenters. The first-order valence-corrected chi connectivity index (χ1v) is 6.70. The molecule has 5 nitrogen and oxygen atoms in total. The number of hydrogen-bond acceptors (Lipinski definition) is 4. The second-order valence-corrected chi connectivity index (χ2v) is 4.70. The molecule has 0 fully saturated rings. The van der Waals surface area contributed by atoms with Crippen molar-refractivity contribution < 1.29 is 19.1 Å². The summed E-state index contributed by atoms with van der Waals surface area (Å²) in [7, 11) is 2.81. The van der Waals surface area contributed by atoms with Crippen LogP contribution >= 0.6 is 0 Å². The van der Waals surface area contributed by atoms with Crippen LogP contribution in [0.15, 0.2) is 42.5 Å². The van der Waals surface area contributed by atoms with E-state index in [1.54, 1.807) is 36.4 Å². The van der Waals surface area contributed by atoms with E-state index in [1.807, 2.05) is 13.0 Å².